The summed E-state index contributed by atoms with van der Waals surface area (Å²) >= 11 is 0. The van der Waals surface area contributed by atoms with Crippen LogP contribution in [0.3, 0.4) is 0 Å². The van der Waals surface area contributed by atoms with Crippen molar-refractivity contribution in [3.8, 4) is 6.07 Å². The second-order valence-corrected chi connectivity index (χ2v) is 5.10. The number of nitrogens with one attached hydrogen (secondary N) is 1. The lowest BCUT2D eigenvalue weighted by Crippen LogP contribution is -2.35. The van der Waals surface area contributed by atoms with Gasteiger partial charge in [0, 0.05) is 18.7 Å². The van der Waals surface area contributed by atoms with Crippen molar-refractivity contribution in [3.63, 3.8) is 0 Å². The fourth-order valence-electron chi connectivity index (χ4n) is 2.74. The number of hydrogen-bond donors (Lipinski definition) is 2. The fourth-order valence-corrected chi connectivity index (χ4v) is 2.74. The van der Waals surface area contributed by atoms with Crippen LogP contribution in [0.2, 0.25) is 0 Å². The van der Waals surface area contributed by atoms with Gasteiger partial charge in [0.05, 0.1) is 11.6 Å². The quantitative estimate of drug-likeness (QED) is 0.855. The molecule has 1 saturated carbocycles. The molecule has 1 aromatic carbocycles. The van der Waals surface area contributed by atoms with E-state index in [1.54, 1.807) is 0 Å². The van der Waals surface area contributed by atoms with Gasteiger partial charge in [0.15, 0.2) is 0 Å². The van der Waals surface area contributed by atoms with E-state index in [-0.39, 0.29) is 12.6 Å². The SMILES string of the molecule is CC(NC1CCCC1CO)c1ccc(C#N)cc1. The Morgan fingerprint density at radius 2 is 2.11 bits per heavy atom. The summed E-state index contributed by atoms with van der Waals surface area (Å²) in [6, 6.07) is 10.5. The molecule has 3 unspecified atom stereocenters. The number of hydrogen-bond acceptors (Lipinski definition) is 3. The standard InChI is InChI=1S/C15H20N2O/c1-11(13-7-5-12(9-16)6-8-13)17-15-4-2-3-14(15)10-18/h5-8,11,14-15,17-18H,2-4,10H2,1H3. The van der Waals surface area contributed by atoms with Crippen molar-refractivity contribution in [2.75, 3.05) is 6.61 Å². The van der Waals surface area contributed by atoms with Gasteiger partial charge in [-0.2, -0.15) is 5.26 Å². The van der Waals surface area contributed by atoms with Gasteiger partial charge in [-0.05, 0) is 43.4 Å². The van der Waals surface area contributed by atoms with Gasteiger partial charge in [0.25, 0.3) is 0 Å². The number of aliphatic hydroxyl groups is 1. The van der Waals surface area contributed by atoms with Crippen molar-refractivity contribution in [1.29, 1.82) is 5.26 Å². The lowest BCUT2D eigenvalue weighted by atomic mass is 10.0. The van der Waals surface area contributed by atoms with Gasteiger partial charge in [0.1, 0.15) is 0 Å². The average molecular weight is 244 g/mol. The van der Waals surface area contributed by atoms with E-state index in [1.807, 2.05) is 24.3 Å². The second-order valence-electron chi connectivity index (χ2n) is 5.10. The molecule has 0 aliphatic heterocycles. The van der Waals surface area contributed by atoms with Crippen molar-refractivity contribution in [3.05, 3.63) is 35.4 Å². The van der Waals surface area contributed by atoms with Gasteiger partial charge in [-0.15, -0.1) is 0 Å². The lowest BCUT2D eigenvalue weighted by molar-refractivity contribution is 0.200. The van der Waals surface area contributed by atoms with Gasteiger partial charge in [0.2, 0.25) is 0 Å². The van der Waals surface area contributed by atoms with Crippen LogP contribution in [0.4, 0.5) is 0 Å². The number of benzene rings is 1. The minimum absolute atomic E-state index is 0.259. The van der Waals surface area contributed by atoms with Crippen LogP contribution in [0.15, 0.2) is 24.3 Å². The minimum atomic E-state index is 0.259. The molecule has 0 bridgehead atoms. The Balaban J connectivity index is 1.98. The predicted molar refractivity (Wildman–Crippen MR) is 70.9 cm³/mol. The molecule has 1 aromatic rings. The van der Waals surface area contributed by atoms with Gasteiger partial charge in [-0.25, -0.2) is 0 Å². The number of rotatable bonds is 4. The van der Waals surface area contributed by atoms with Gasteiger partial charge in [-0.3, -0.25) is 0 Å². The zero-order chi connectivity index (χ0) is 13.0. The smallest absolute Gasteiger partial charge is 0.0991 e. The van der Waals surface area contributed by atoms with E-state index in [0.717, 1.165) is 12.8 Å². The maximum absolute atomic E-state index is 9.31. The number of nitrogens with zero attached hydrogens (tertiary/aromatic N) is 1. The number of nitriles is 1. The molecule has 0 radical (unpaired) electrons. The average Bonchev–Trinajstić information content (AvgIpc) is 2.86. The Hall–Kier alpha value is -1.37. The summed E-state index contributed by atoms with van der Waals surface area (Å²) in [7, 11) is 0. The maximum Gasteiger partial charge on any atom is 0.0991 e. The summed E-state index contributed by atoms with van der Waals surface area (Å²) in [4.78, 5) is 0. The molecule has 1 aliphatic carbocycles. The first kappa shape index (κ1) is 13.1. The molecule has 2 rings (SSSR count). The Labute approximate surface area is 108 Å². The molecule has 1 fully saturated rings. The second kappa shape index (κ2) is 5.99. The van der Waals surface area contributed by atoms with Gasteiger partial charge >= 0.3 is 0 Å². The van der Waals surface area contributed by atoms with Crippen LogP contribution in [0.5, 0.6) is 0 Å². The van der Waals surface area contributed by atoms with Crippen molar-refractivity contribution in [2.24, 2.45) is 5.92 Å². The van der Waals surface area contributed by atoms with Crippen molar-refractivity contribution in [1.82, 2.24) is 5.32 Å². The molecule has 0 spiro atoms. The Morgan fingerprint density at radius 1 is 1.39 bits per heavy atom. The van der Waals surface area contributed by atoms with E-state index in [4.69, 9.17) is 5.26 Å². The van der Waals surface area contributed by atoms with Crippen molar-refractivity contribution >= 4 is 0 Å². The first-order valence-electron chi connectivity index (χ1n) is 6.61. The van der Waals surface area contributed by atoms with Crippen LogP contribution >= 0.6 is 0 Å². The molecule has 1 aliphatic rings. The Morgan fingerprint density at radius 3 is 2.72 bits per heavy atom. The lowest BCUT2D eigenvalue weighted by Gasteiger charge is -2.24. The molecule has 0 amide bonds. The largest absolute Gasteiger partial charge is 0.396 e. The van der Waals surface area contributed by atoms with Crippen LogP contribution in [0.1, 0.15) is 43.4 Å². The molecule has 3 nitrogen and oxygen atoms in total. The van der Waals surface area contributed by atoms with Gasteiger partial charge < -0.3 is 10.4 Å². The highest BCUT2D eigenvalue weighted by molar-refractivity contribution is 5.32. The molecule has 96 valence electrons. The zero-order valence-electron chi connectivity index (χ0n) is 10.8. The molecular weight excluding hydrogens is 224 g/mol. The summed E-state index contributed by atoms with van der Waals surface area (Å²) in [6.45, 7) is 2.41. The van der Waals surface area contributed by atoms with E-state index in [0.29, 0.717) is 17.5 Å². The first-order chi connectivity index (χ1) is 8.74. The predicted octanol–water partition coefficient (Wildman–Crippen LogP) is 2.37. The maximum atomic E-state index is 9.31. The van der Waals surface area contributed by atoms with E-state index >= 15 is 0 Å². The summed E-state index contributed by atoms with van der Waals surface area (Å²) in [6.07, 6.45) is 3.46. The fraction of sp³-hybridized carbons (Fsp3) is 0.533. The van der Waals surface area contributed by atoms with Gasteiger partial charge in [-0.1, -0.05) is 18.6 Å². The first-order valence-corrected chi connectivity index (χ1v) is 6.61. The van der Waals surface area contributed by atoms with Crippen LogP contribution < -0.4 is 5.32 Å². The van der Waals surface area contributed by atoms with E-state index in [1.165, 1.54) is 12.0 Å². The summed E-state index contributed by atoms with van der Waals surface area (Å²) in [5, 5.41) is 21.7. The van der Waals surface area contributed by atoms with Crippen LogP contribution in [0, 0.1) is 17.2 Å². The molecule has 3 heteroatoms. The van der Waals surface area contributed by atoms with E-state index in [9.17, 15) is 5.11 Å². The minimum Gasteiger partial charge on any atom is -0.396 e. The van der Waals surface area contributed by atoms with E-state index < -0.39 is 0 Å². The van der Waals surface area contributed by atoms with Crippen molar-refractivity contribution < 1.29 is 5.11 Å². The third-order valence-electron chi connectivity index (χ3n) is 3.90. The monoisotopic (exact) mass is 244 g/mol. The molecule has 0 aromatic heterocycles. The highest BCUT2D eigenvalue weighted by Crippen LogP contribution is 2.27. The normalized spacial score (nSPS) is 24.7. The molecule has 0 heterocycles. The third kappa shape index (κ3) is 2.90. The molecule has 18 heavy (non-hydrogen) atoms. The third-order valence-corrected chi connectivity index (χ3v) is 3.90. The van der Waals surface area contributed by atoms with Crippen molar-refractivity contribution in [2.45, 2.75) is 38.3 Å². The van der Waals surface area contributed by atoms with Crippen LogP contribution in [0.25, 0.3) is 0 Å². The zero-order valence-corrected chi connectivity index (χ0v) is 10.8. The molecule has 2 N–H and O–H groups in total. The molecule has 0 saturated heterocycles. The Kier molecular flexibility index (Phi) is 4.35. The van der Waals surface area contributed by atoms with E-state index in [2.05, 4.69) is 18.3 Å². The summed E-state index contributed by atoms with van der Waals surface area (Å²) < 4.78 is 0. The Bertz CT molecular complexity index is 421. The topological polar surface area (TPSA) is 56.0 Å². The molecule has 3 atom stereocenters. The van der Waals surface area contributed by atoms with Crippen LogP contribution in [-0.4, -0.2) is 17.8 Å². The van der Waals surface area contributed by atoms with Crippen LogP contribution in [-0.2, 0) is 0 Å². The molecular formula is C15H20N2O. The number of aliphatic hydroxyl groups excluding tert-OH is 1. The highest BCUT2D eigenvalue weighted by atomic mass is 16.3. The highest BCUT2D eigenvalue weighted by Gasteiger charge is 2.27. The summed E-state index contributed by atoms with van der Waals surface area (Å²) in [5.41, 5.74) is 1.89. The summed E-state index contributed by atoms with van der Waals surface area (Å²) in [5.74, 6) is 0.394.